The Kier molecular flexibility index (Phi) is 7.92. The molecule has 33 heavy (non-hydrogen) atoms. The first-order valence-corrected chi connectivity index (χ1v) is 10.9. The Morgan fingerprint density at radius 1 is 1.09 bits per heavy atom. The highest BCUT2D eigenvalue weighted by molar-refractivity contribution is 5.83. The van der Waals surface area contributed by atoms with Gasteiger partial charge < -0.3 is 19.1 Å². The second-order valence-corrected chi connectivity index (χ2v) is 9.05. The number of methoxy groups -OCH3 is 1. The van der Waals surface area contributed by atoms with Gasteiger partial charge in [-0.25, -0.2) is 9.18 Å². The zero-order valence-corrected chi connectivity index (χ0v) is 19.5. The molecule has 178 valence electrons. The summed E-state index contributed by atoms with van der Waals surface area (Å²) in [6, 6.07) is 13.6. The fourth-order valence-corrected chi connectivity index (χ4v) is 3.49. The largest absolute Gasteiger partial charge is 0.497 e. The van der Waals surface area contributed by atoms with Gasteiger partial charge >= 0.3 is 6.09 Å². The predicted octanol–water partition coefficient (Wildman–Crippen LogP) is 4.00. The molecule has 2 aromatic carbocycles. The van der Waals surface area contributed by atoms with Crippen LogP contribution >= 0.6 is 0 Å². The van der Waals surface area contributed by atoms with Crippen molar-refractivity contribution in [1.29, 1.82) is 0 Å². The van der Waals surface area contributed by atoms with E-state index in [1.807, 2.05) is 24.3 Å². The van der Waals surface area contributed by atoms with Gasteiger partial charge in [-0.2, -0.15) is 0 Å². The van der Waals surface area contributed by atoms with Crippen molar-refractivity contribution < 1.29 is 28.2 Å². The molecular formula is C25H31FN2O5. The van der Waals surface area contributed by atoms with Crippen LogP contribution in [0.2, 0.25) is 0 Å². The summed E-state index contributed by atoms with van der Waals surface area (Å²) in [6.07, 6.45) is -1.04. The topological polar surface area (TPSA) is 68.3 Å². The third-order valence-electron chi connectivity index (χ3n) is 5.09. The van der Waals surface area contributed by atoms with Gasteiger partial charge in [0.05, 0.1) is 26.4 Å². The average Bonchev–Trinajstić information content (AvgIpc) is 2.90. The number of benzene rings is 2. The van der Waals surface area contributed by atoms with Crippen molar-refractivity contribution >= 4 is 12.0 Å². The lowest BCUT2D eigenvalue weighted by atomic mass is 10.2. The van der Waals surface area contributed by atoms with Crippen molar-refractivity contribution in [3.05, 3.63) is 65.5 Å². The van der Waals surface area contributed by atoms with E-state index in [-0.39, 0.29) is 31.4 Å². The van der Waals surface area contributed by atoms with Crippen molar-refractivity contribution in [3.63, 3.8) is 0 Å². The molecule has 7 nitrogen and oxygen atoms in total. The fraction of sp³-hybridized carbons (Fsp3) is 0.440. The van der Waals surface area contributed by atoms with Crippen LogP contribution in [-0.2, 0) is 27.4 Å². The Labute approximate surface area is 194 Å². The average molecular weight is 459 g/mol. The maximum absolute atomic E-state index is 13.5. The molecule has 0 radical (unpaired) electrons. The predicted molar refractivity (Wildman–Crippen MR) is 121 cm³/mol. The van der Waals surface area contributed by atoms with E-state index >= 15 is 0 Å². The van der Waals surface area contributed by atoms with E-state index in [1.165, 1.54) is 17.0 Å². The van der Waals surface area contributed by atoms with Crippen LogP contribution in [0.15, 0.2) is 48.5 Å². The molecule has 3 rings (SSSR count). The smallest absolute Gasteiger partial charge is 0.410 e. The van der Waals surface area contributed by atoms with E-state index in [4.69, 9.17) is 14.2 Å². The Morgan fingerprint density at radius 3 is 2.45 bits per heavy atom. The Bertz CT molecular complexity index is 958. The van der Waals surface area contributed by atoms with Crippen LogP contribution in [0.4, 0.5) is 9.18 Å². The number of halogens is 1. The first kappa shape index (κ1) is 24.5. The van der Waals surface area contributed by atoms with Gasteiger partial charge in [-0.1, -0.05) is 24.3 Å². The number of hydrogen-bond acceptors (Lipinski definition) is 5. The van der Waals surface area contributed by atoms with E-state index in [1.54, 1.807) is 44.9 Å². The molecule has 1 unspecified atom stereocenters. The lowest BCUT2D eigenvalue weighted by molar-refractivity contribution is -0.132. The summed E-state index contributed by atoms with van der Waals surface area (Å²) in [5.41, 5.74) is 0.919. The van der Waals surface area contributed by atoms with Crippen LogP contribution in [0.25, 0.3) is 0 Å². The minimum Gasteiger partial charge on any atom is -0.497 e. The molecule has 1 aliphatic rings. The summed E-state index contributed by atoms with van der Waals surface area (Å²) < 4.78 is 30.3. The van der Waals surface area contributed by atoms with Crippen molar-refractivity contribution in [3.8, 4) is 5.75 Å². The zero-order chi connectivity index (χ0) is 24.0. The number of rotatable bonds is 6. The van der Waals surface area contributed by atoms with Gasteiger partial charge in [-0.15, -0.1) is 0 Å². The van der Waals surface area contributed by atoms with Gasteiger partial charge in [-0.05, 0) is 56.2 Å². The second kappa shape index (κ2) is 10.7. The SMILES string of the molecule is COc1ccc(CN2CC(OCc3cccc(F)c3)CN(C(=O)OC(C)(C)C)CC2=O)cc1. The molecule has 1 heterocycles. The number of carbonyl (C=O) groups is 2. The number of ether oxygens (including phenoxy) is 3. The first-order valence-electron chi connectivity index (χ1n) is 10.9. The molecule has 1 fully saturated rings. The highest BCUT2D eigenvalue weighted by Gasteiger charge is 2.33. The summed E-state index contributed by atoms with van der Waals surface area (Å²) >= 11 is 0. The highest BCUT2D eigenvalue weighted by atomic mass is 19.1. The van der Waals surface area contributed by atoms with Crippen LogP contribution in [0.3, 0.4) is 0 Å². The monoisotopic (exact) mass is 458 g/mol. The Morgan fingerprint density at radius 2 is 1.82 bits per heavy atom. The molecule has 1 aliphatic heterocycles. The van der Waals surface area contributed by atoms with Crippen LogP contribution < -0.4 is 4.74 Å². The number of nitrogens with zero attached hydrogens (tertiary/aromatic N) is 2. The Balaban J connectivity index is 1.76. The number of carbonyl (C=O) groups excluding carboxylic acids is 2. The highest BCUT2D eigenvalue weighted by Crippen LogP contribution is 2.19. The molecule has 1 saturated heterocycles. The second-order valence-electron chi connectivity index (χ2n) is 9.05. The maximum Gasteiger partial charge on any atom is 0.410 e. The molecule has 0 spiro atoms. The van der Waals surface area contributed by atoms with Gasteiger partial charge in [0.1, 0.15) is 23.7 Å². The molecule has 0 aromatic heterocycles. The van der Waals surface area contributed by atoms with Crippen LogP contribution in [0, 0.1) is 5.82 Å². The lowest BCUT2D eigenvalue weighted by Crippen LogP contribution is -2.42. The van der Waals surface area contributed by atoms with Crippen molar-refractivity contribution in [2.75, 3.05) is 26.7 Å². The van der Waals surface area contributed by atoms with Gasteiger partial charge in [0.15, 0.2) is 0 Å². The van der Waals surface area contributed by atoms with Gasteiger partial charge in [0.2, 0.25) is 5.91 Å². The summed E-state index contributed by atoms with van der Waals surface area (Å²) in [6.45, 7) is 6.23. The van der Waals surface area contributed by atoms with E-state index in [9.17, 15) is 14.0 Å². The summed E-state index contributed by atoms with van der Waals surface area (Å²) in [5, 5.41) is 0. The maximum atomic E-state index is 13.5. The fourth-order valence-electron chi connectivity index (χ4n) is 3.49. The molecule has 2 aromatic rings. The molecule has 2 amide bonds. The van der Waals surface area contributed by atoms with Crippen molar-refractivity contribution in [2.45, 2.75) is 45.6 Å². The molecule has 0 aliphatic carbocycles. The van der Waals surface area contributed by atoms with Gasteiger partial charge in [0.25, 0.3) is 0 Å². The quantitative estimate of drug-likeness (QED) is 0.655. The van der Waals surface area contributed by atoms with Crippen molar-refractivity contribution in [2.24, 2.45) is 0 Å². The van der Waals surface area contributed by atoms with Gasteiger partial charge in [-0.3, -0.25) is 9.69 Å². The van der Waals surface area contributed by atoms with Crippen LogP contribution in [-0.4, -0.2) is 60.2 Å². The van der Waals surface area contributed by atoms with E-state index < -0.39 is 17.8 Å². The summed E-state index contributed by atoms with van der Waals surface area (Å²) in [5.74, 6) is 0.186. The third-order valence-corrected chi connectivity index (χ3v) is 5.09. The minimum absolute atomic E-state index is 0.106. The molecule has 0 saturated carbocycles. The Hall–Kier alpha value is -3.13. The molecular weight excluding hydrogens is 427 g/mol. The molecule has 1 atom stereocenters. The minimum atomic E-state index is -0.687. The number of hydrogen-bond donors (Lipinski definition) is 0. The standard InChI is InChI=1S/C25H31FN2O5/c1-25(2,3)33-24(30)28-15-22(32-17-19-6-5-7-20(26)12-19)14-27(23(29)16-28)13-18-8-10-21(31-4)11-9-18/h5-12,22H,13-17H2,1-4H3. The van der Waals surface area contributed by atoms with Crippen molar-refractivity contribution in [1.82, 2.24) is 9.80 Å². The van der Waals surface area contributed by atoms with E-state index in [0.717, 1.165) is 11.3 Å². The zero-order valence-electron chi connectivity index (χ0n) is 19.5. The van der Waals surface area contributed by atoms with Crippen LogP contribution in [0.5, 0.6) is 5.75 Å². The normalized spacial score (nSPS) is 17.0. The lowest BCUT2D eigenvalue weighted by Gasteiger charge is -2.27. The van der Waals surface area contributed by atoms with Gasteiger partial charge in [0, 0.05) is 13.1 Å². The first-order chi connectivity index (χ1) is 15.6. The molecule has 0 bridgehead atoms. The third kappa shape index (κ3) is 7.46. The molecule has 8 heteroatoms. The summed E-state index contributed by atoms with van der Waals surface area (Å²) in [7, 11) is 1.60. The van der Waals surface area contributed by atoms with Crippen LogP contribution in [0.1, 0.15) is 31.9 Å². The molecule has 0 N–H and O–H groups in total. The number of amides is 2. The summed E-state index contributed by atoms with van der Waals surface area (Å²) in [4.78, 5) is 28.8. The van der Waals surface area contributed by atoms with E-state index in [0.29, 0.717) is 18.7 Å². The van der Waals surface area contributed by atoms with E-state index in [2.05, 4.69) is 0 Å².